The predicted molar refractivity (Wildman–Crippen MR) is 92.6 cm³/mol. The Balaban J connectivity index is 2.96. The van der Waals surface area contributed by atoms with Gasteiger partial charge in [0.05, 0.1) is 18.3 Å². The van der Waals surface area contributed by atoms with Crippen LogP contribution in [0.15, 0.2) is 31.0 Å². The van der Waals surface area contributed by atoms with Gasteiger partial charge < -0.3 is 10.1 Å². The van der Waals surface area contributed by atoms with Crippen LogP contribution in [-0.4, -0.2) is 13.3 Å². The molecule has 0 atom stereocenters. The molecule has 1 rings (SSSR count). The van der Waals surface area contributed by atoms with Crippen LogP contribution < -0.4 is 5.32 Å². The number of ether oxygens (including phenoxy) is 1. The lowest BCUT2D eigenvalue weighted by atomic mass is 9.91. The number of hydrogen-bond donors (Lipinski definition) is 1. The second kappa shape index (κ2) is 7.68. The number of hydrogen-bond acceptors (Lipinski definition) is 2. The number of allylic oxidation sites excluding steroid dienone is 1. The molecule has 0 radical (unpaired) electrons. The van der Waals surface area contributed by atoms with Gasteiger partial charge in [0.25, 0.3) is 0 Å². The smallest absolute Gasteiger partial charge is 0.121 e. The molecule has 0 aliphatic carbocycles. The summed E-state index contributed by atoms with van der Waals surface area (Å²) in [7, 11) is 0. The summed E-state index contributed by atoms with van der Waals surface area (Å²) in [6, 6.07) is 3.78. The van der Waals surface area contributed by atoms with Crippen LogP contribution in [-0.2, 0) is 11.3 Å². The van der Waals surface area contributed by atoms with Crippen molar-refractivity contribution in [2.75, 3.05) is 13.3 Å². The van der Waals surface area contributed by atoms with E-state index in [4.69, 9.17) is 16.3 Å². The zero-order valence-electron chi connectivity index (χ0n) is 13.9. The number of alkyl halides is 1. The van der Waals surface area contributed by atoms with Crippen molar-refractivity contribution in [2.45, 2.75) is 34.2 Å². The fraction of sp³-hybridized carbons (Fsp3) is 0.444. The van der Waals surface area contributed by atoms with Gasteiger partial charge in [-0.3, -0.25) is 4.39 Å². The van der Waals surface area contributed by atoms with Gasteiger partial charge in [-0.25, -0.2) is 0 Å². The van der Waals surface area contributed by atoms with Crippen molar-refractivity contribution in [1.82, 2.24) is 5.32 Å². The maximum atomic E-state index is 13.0. The molecule has 0 saturated heterocycles. The Hall–Kier alpha value is -1.48. The largest absolute Gasteiger partial charge is 0.494 e. The van der Waals surface area contributed by atoms with Gasteiger partial charge in [0.15, 0.2) is 0 Å². The molecule has 0 aromatic heterocycles. The molecule has 122 valence electrons. The molecule has 1 aromatic rings. The van der Waals surface area contributed by atoms with E-state index in [-0.39, 0.29) is 0 Å². The molecule has 1 aromatic carbocycles. The predicted octanol–water partition coefficient (Wildman–Crippen LogP) is 5.25. The lowest BCUT2D eigenvalue weighted by Gasteiger charge is -2.25. The Kier molecular flexibility index (Phi) is 6.48. The van der Waals surface area contributed by atoms with E-state index >= 15 is 0 Å². The van der Waals surface area contributed by atoms with E-state index in [9.17, 15) is 4.39 Å². The van der Waals surface area contributed by atoms with Crippen LogP contribution in [0.25, 0.3) is 5.76 Å². The SMILES string of the molecule is C=C(OCC)c1c(Cl)ccc(CNC(=C)C(C)(C)CF)c1C. The van der Waals surface area contributed by atoms with Crippen LogP contribution in [0.2, 0.25) is 5.02 Å². The summed E-state index contributed by atoms with van der Waals surface area (Å²) < 4.78 is 18.5. The second-order valence-corrected chi connectivity index (χ2v) is 6.32. The molecule has 0 spiro atoms. The lowest BCUT2D eigenvalue weighted by Crippen LogP contribution is -2.27. The highest BCUT2D eigenvalue weighted by atomic mass is 35.5. The van der Waals surface area contributed by atoms with Crippen molar-refractivity contribution in [3.05, 3.63) is 52.7 Å². The van der Waals surface area contributed by atoms with E-state index in [1.165, 1.54) is 0 Å². The van der Waals surface area contributed by atoms with E-state index in [1.54, 1.807) is 0 Å². The van der Waals surface area contributed by atoms with Crippen LogP contribution in [0.5, 0.6) is 0 Å². The van der Waals surface area contributed by atoms with Gasteiger partial charge in [-0.2, -0.15) is 0 Å². The molecule has 0 bridgehead atoms. The van der Waals surface area contributed by atoms with Gasteiger partial charge in [-0.15, -0.1) is 0 Å². The summed E-state index contributed by atoms with van der Waals surface area (Å²) in [6.45, 7) is 16.0. The molecule has 0 heterocycles. The maximum Gasteiger partial charge on any atom is 0.121 e. The summed E-state index contributed by atoms with van der Waals surface area (Å²) in [5, 5.41) is 3.81. The fourth-order valence-corrected chi connectivity index (χ4v) is 2.33. The third-order valence-corrected chi connectivity index (χ3v) is 4.08. The molecular weight excluding hydrogens is 301 g/mol. The van der Waals surface area contributed by atoms with Crippen LogP contribution in [0.4, 0.5) is 4.39 Å². The molecule has 0 unspecified atom stereocenters. The minimum absolute atomic E-state index is 0.454. The van der Waals surface area contributed by atoms with E-state index in [2.05, 4.69) is 18.5 Å². The standard InChI is InChI=1S/C18H25ClFNO/c1-7-22-13(3)17-12(2)15(8-9-16(17)19)10-21-14(4)18(5,6)11-20/h8-9,21H,3-4,7,10-11H2,1-2,5-6H3. The highest BCUT2D eigenvalue weighted by Gasteiger charge is 2.22. The first-order valence-electron chi connectivity index (χ1n) is 7.33. The molecule has 0 saturated carbocycles. The molecule has 2 nitrogen and oxygen atoms in total. The number of benzene rings is 1. The fourth-order valence-electron chi connectivity index (χ4n) is 2.02. The number of rotatable bonds is 8. The molecule has 0 aliphatic heterocycles. The third kappa shape index (κ3) is 4.26. The summed E-state index contributed by atoms with van der Waals surface area (Å²) in [5.41, 5.74) is 2.96. The van der Waals surface area contributed by atoms with Crippen molar-refractivity contribution in [1.29, 1.82) is 0 Å². The van der Waals surface area contributed by atoms with Crippen LogP contribution in [0.3, 0.4) is 0 Å². The first-order valence-corrected chi connectivity index (χ1v) is 7.71. The first kappa shape index (κ1) is 18.6. The van der Waals surface area contributed by atoms with Crippen LogP contribution >= 0.6 is 11.6 Å². The average Bonchev–Trinajstić information content (AvgIpc) is 2.46. The summed E-state index contributed by atoms with van der Waals surface area (Å²) in [4.78, 5) is 0. The number of nitrogens with one attached hydrogen (secondary N) is 1. The van der Waals surface area contributed by atoms with Crippen molar-refractivity contribution >= 4 is 17.4 Å². The highest BCUT2D eigenvalue weighted by Crippen LogP contribution is 2.30. The summed E-state index contributed by atoms with van der Waals surface area (Å²) in [6.07, 6.45) is 0. The van der Waals surface area contributed by atoms with Gasteiger partial charge in [0.2, 0.25) is 0 Å². The minimum Gasteiger partial charge on any atom is -0.494 e. The third-order valence-electron chi connectivity index (χ3n) is 3.77. The van der Waals surface area contributed by atoms with Crippen molar-refractivity contribution < 1.29 is 9.13 Å². The molecule has 22 heavy (non-hydrogen) atoms. The molecule has 0 amide bonds. The summed E-state index contributed by atoms with van der Waals surface area (Å²) >= 11 is 6.26. The zero-order valence-corrected chi connectivity index (χ0v) is 14.6. The quantitative estimate of drug-likeness (QED) is 0.659. The minimum atomic E-state index is -0.585. The first-order chi connectivity index (χ1) is 10.2. The van der Waals surface area contributed by atoms with Gasteiger partial charge >= 0.3 is 0 Å². The average molecular weight is 326 g/mol. The Morgan fingerprint density at radius 3 is 2.55 bits per heavy atom. The highest BCUT2D eigenvalue weighted by molar-refractivity contribution is 6.32. The normalized spacial score (nSPS) is 11.2. The second-order valence-electron chi connectivity index (χ2n) is 5.91. The van der Waals surface area contributed by atoms with Gasteiger partial charge in [0, 0.05) is 23.2 Å². The van der Waals surface area contributed by atoms with E-state index in [0.29, 0.717) is 29.6 Å². The van der Waals surface area contributed by atoms with E-state index in [0.717, 1.165) is 16.7 Å². The number of halogens is 2. The Labute approximate surface area is 138 Å². The van der Waals surface area contributed by atoms with E-state index < -0.39 is 12.1 Å². The lowest BCUT2D eigenvalue weighted by molar-refractivity contribution is 0.291. The zero-order chi connectivity index (χ0) is 16.9. The molecule has 4 heteroatoms. The van der Waals surface area contributed by atoms with Gasteiger partial charge in [0.1, 0.15) is 5.76 Å². The monoisotopic (exact) mass is 325 g/mol. The van der Waals surface area contributed by atoms with Crippen molar-refractivity contribution in [3.63, 3.8) is 0 Å². The Morgan fingerprint density at radius 2 is 2.00 bits per heavy atom. The Bertz CT molecular complexity index is 566. The summed E-state index contributed by atoms with van der Waals surface area (Å²) in [5.74, 6) is 0.565. The molecular formula is C18H25ClFNO. The topological polar surface area (TPSA) is 21.3 Å². The van der Waals surface area contributed by atoms with Crippen molar-refractivity contribution in [2.24, 2.45) is 5.41 Å². The van der Waals surface area contributed by atoms with E-state index in [1.807, 2.05) is 39.8 Å². The molecule has 0 fully saturated rings. The van der Waals surface area contributed by atoms with Crippen molar-refractivity contribution in [3.8, 4) is 0 Å². The Morgan fingerprint density at radius 1 is 1.36 bits per heavy atom. The van der Waals surface area contributed by atoms with Gasteiger partial charge in [-0.1, -0.05) is 44.7 Å². The van der Waals surface area contributed by atoms with Gasteiger partial charge in [-0.05, 0) is 31.0 Å². The van der Waals surface area contributed by atoms with Crippen LogP contribution in [0.1, 0.15) is 37.5 Å². The maximum absolute atomic E-state index is 13.0. The van der Waals surface area contributed by atoms with Crippen LogP contribution in [0, 0.1) is 12.3 Å². The molecule has 1 N–H and O–H groups in total. The molecule has 0 aliphatic rings.